The molecular formula is C23H28ClN3O2. The van der Waals surface area contributed by atoms with Crippen molar-refractivity contribution in [1.82, 2.24) is 9.80 Å². The van der Waals surface area contributed by atoms with Gasteiger partial charge in [0, 0.05) is 43.3 Å². The molecule has 2 aromatic rings. The summed E-state index contributed by atoms with van der Waals surface area (Å²) in [6.45, 7) is 5.20. The summed E-state index contributed by atoms with van der Waals surface area (Å²) in [5.41, 5.74) is 3.14. The van der Waals surface area contributed by atoms with E-state index in [2.05, 4.69) is 17.1 Å². The van der Waals surface area contributed by atoms with Gasteiger partial charge in [-0.15, -0.1) is 0 Å². The number of hydrogen-bond acceptors (Lipinski definition) is 3. The van der Waals surface area contributed by atoms with Gasteiger partial charge in [0.2, 0.25) is 11.8 Å². The summed E-state index contributed by atoms with van der Waals surface area (Å²) in [4.78, 5) is 28.9. The van der Waals surface area contributed by atoms with Gasteiger partial charge in [0.05, 0.1) is 6.54 Å². The molecule has 6 heteroatoms. The lowest BCUT2D eigenvalue weighted by Gasteiger charge is -2.34. The zero-order valence-electron chi connectivity index (χ0n) is 16.9. The third-order valence-electron chi connectivity index (χ3n) is 5.31. The van der Waals surface area contributed by atoms with Crippen LogP contribution in [0.25, 0.3) is 0 Å². The van der Waals surface area contributed by atoms with Crippen LogP contribution in [-0.2, 0) is 22.4 Å². The number of benzene rings is 2. The van der Waals surface area contributed by atoms with Gasteiger partial charge >= 0.3 is 0 Å². The van der Waals surface area contributed by atoms with Crippen LogP contribution in [-0.4, -0.2) is 54.3 Å². The zero-order valence-corrected chi connectivity index (χ0v) is 17.6. The summed E-state index contributed by atoms with van der Waals surface area (Å²) < 4.78 is 0. The number of rotatable bonds is 7. The van der Waals surface area contributed by atoms with Crippen LogP contribution in [0.5, 0.6) is 0 Å². The molecular weight excluding hydrogens is 386 g/mol. The largest absolute Gasteiger partial charge is 0.340 e. The van der Waals surface area contributed by atoms with E-state index in [-0.39, 0.29) is 11.8 Å². The molecule has 0 saturated carbocycles. The van der Waals surface area contributed by atoms with Gasteiger partial charge in [-0.2, -0.15) is 0 Å². The van der Waals surface area contributed by atoms with Crippen LogP contribution in [0.2, 0.25) is 5.02 Å². The molecule has 0 unspecified atom stereocenters. The van der Waals surface area contributed by atoms with Crippen molar-refractivity contribution in [3.05, 3.63) is 64.7 Å². The molecule has 1 fully saturated rings. The summed E-state index contributed by atoms with van der Waals surface area (Å²) >= 11 is 5.90. The molecule has 1 saturated heterocycles. The maximum atomic E-state index is 12.5. The summed E-state index contributed by atoms with van der Waals surface area (Å²) in [5, 5.41) is 3.72. The first kappa shape index (κ1) is 21.3. The van der Waals surface area contributed by atoms with Gasteiger partial charge < -0.3 is 10.2 Å². The molecule has 0 aromatic heterocycles. The minimum Gasteiger partial charge on any atom is -0.340 e. The number of nitrogens with one attached hydrogen (secondary N) is 1. The second kappa shape index (κ2) is 10.4. The van der Waals surface area contributed by atoms with Crippen molar-refractivity contribution in [2.75, 3.05) is 38.0 Å². The van der Waals surface area contributed by atoms with Crippen LogP contribution in [0.15, 0.2) is 48.5 Å². The Kier molecular flexibility index (Phi) is 7.67. The van der Waals surface area contributed by atoms with Gasteiger partial charge in [-0.25, -0.2) is 0 Å². The number of amides is 2. The van der Waals surface area contributed by atoms with Gasteiger partial charge in [0.15, 0.2) is 0 Å². The highest BCUT2D eigenvalue weighted by atomic mass is 35.5. The smallest absolute Gasteiger partial charge is 0.238 e. The van der Waals surface area contributed by atoms with Crippen molar-refractivity contribution in [2.45, 2.75) is 26.2 Å². The summed E-state index contributed by atoms with van der Waals surface area (Å²) in [6.07, 6.45) is 2.10. The fraction of sp³-hybridized carbons (Fsp3) is 0.391. The highest BCUT2D eigenvalue weighted by Crippen LogP contribution is 2.16. The lowest BCUT2D eigenvalue weighted by molar-refractivity contribution is -0.133. The number of aryl methyl sites for hydroxylation is 2. The number of nitrogens with zero attached hydrogens (tertiary/aromatic N) is 2. The molecule has 1 N–H and O–H groups in total. The average molecular weight is 414 g/mol. The van der Waals surface area contributed by atoms with Crippen molar-refractivity contribution in [3.63, 3.8) is 0 Å². The van der Waals surface area contributed by atoms with Crippen LogP contribution < -0.4 is 5.32 Å². The predicted molar refractivity (Wildman–Crippen MR) is 117 cm³/mol. The molecule has 29 heavy (non-hydrogen) atoms. The average Bonchev–Trinajstić information content (AvgIpc) is 2.74. The third kappa shape index (κ3) is 6.31. The SMILES string of the molecule is CCc1ccccc1NC(=O)CN1CCN(C(=O)CCc2ccc(Cl)cc2)CC1. The van der Waals surface area contributed by atoms with Gasteiger partial charge in [0.1, 0.15) is 0 Å². The van der Waals surface area contributed by atoms with Gasteiger partial charge in [0.25, 0.3) is 0 Å². The fourth-order valence-electron chi connectivity index (χ4n) is 3.56. The topological polar surface area (TPSA) is 52.7 Å². The standard InChI is InChI=1S/C23H28ClN3O2/c1-2-19-5-3-4-6-21(19)25-22(28)17-26-13-15-27(16-14-26)23(29)12-9-18-7-10-20(24)11-8-18/h3-8,10-11H,2,9,12-17H2,1H3,(H,25,28). The Morgan fingerprint density at radius 2 is 1.69 bits per heavy atom. The van der Waals surface area contributed by atoms with E-state index in [0.717, 1.165) is 42.7 Å². The molecule has 0 aliphatic carbocycles. The van der Waals surface area contributed by atoms with E-state index in [0.29, 0.717) is 31.1 Å². The first-order chi connectivity index (χ1) is 14.0. The monoisotopic (exact) mass is 413 g/mol. The summed E-state index contributed by atoms with van der Waals surface area (Å²) in [5.74, 6) is 0.161. The van der Waals surface area contributed by atoms with Gasteiger partial charge in [-0.1, -0.05) is 48.9 Å². The fourth-order valence-corrected chi connectivity index (χ4v) is 3.69. The lowest BCUT2D eigenvalue weighted by atomic mass is 10.1. The Balaban J connectivity index is 1.41. The molecule has 0 radical (unpaired) electrons. The number of carbonyl (C=O) groups is 2. The molecule has 1 heterocycles. The Morgan fingerprint density at radius 3 is 2.38 bits per heavy atom. The Bertz CT molecular complexity index is 830. The first-order valence-electron chi connectivity index (χ1n) is 10.2. The van der Waals surface area contributed by atoms with Crippen LogP contribution in [0.3, 0.4) is 0 Å². The van der Waals surface area contributed by atoms with Crippen molar-refractivity contribution in [3.8, 4) is 0 Å². The second-order valence-electron chi connectivity index (χ2n) is 7.34. The van der Waals surface area contributed by atoms with Gasteiger partial charge in [-0.3, -0.25) is 14.5 Å². The minimum atomic E-state index is -0.00610. The van der Waals surface area contributed by atoms with E-state index in [4.69, 9.17) is 11.6 Å². The highest BCUT2D eigenvalue weighted by molar-refractivity contribution is 6.30. The van der Waals surface area contributed by atoms with Crippen LogP contribution in [0.4, 0.5) is 5.69 Å². The van der Waals surface area contributed by atoms with E-state index >= 15 is 0 Å². The zero-order chi connectivity index (χ0) is 20.6. The maximum absolute atomic E-state index is 12.5. The molecule has 5 nitrogen and oxygen atoms in total. The summed E-state index contributed by atoms with van der Waals surface area (Å²) in [6, 6.07) is 15.5. The molecule has 2 aromatic carbocycles. The van der Waals surface area contributed by atoms with E-state index in [1.165, 1.54) is 0 Å². The van der Waals surface area contributed by atoms with Crippen molar-refractivity contribution < 1.29 is 9.59 Å². The van der Waals surface area contributed by atoms with Crippen LogP contribution >= 0.6 is 11.6 Å². The predicted octanol–water partition coefficient (Wildman–Crippen LogP) is 3.62. The maximum Gasteiger partial charge on any atom is 0.238 e. The molecule has 154 valence electrons. The number of carbonyl (C=O) groups excluding carboxylic acids is 2. The molecule has 1 aliphatic heterocycles. The highest BCUT2D eigenvalue weighted by Gasteiger charge is 2.22. The molecule has 2 amide bonds. The normalized spacial score (nSPS) is 14.6. The van der Waals surface area contributed by atoms with E-state index in [9.17, 15) is 9.59 Å². The number of para-hydroxylation sites is 1. The first-order valence-corrected chi connectivity index (χ1v) is 10.5. The van der Waals surface area contributed by atoms with E-state index in [1.54, 1.807) is 0 Å². The van der Waals surface area contributed by atoms with Gasteiger partial charge in [-0.05, 0) is 42.2 Å². The van der Waals surface area contributed by atoms with E-state index < -0.39 is 0 Å². The second-order valence-corrected chi connectivity index (χ2v) is 7.78. The van der Waals surface area contributed by atoms with Crippen LogP contribution in [0, 0.1) is 0 Å². The summed E-state index contributed by atoms with van der Waals surface area (Å²) in [7, 11) is 0. The third-order valence-corrected chi connectivity index (χ3v) is 5.56. The number of halogens is 1. The number of hydrogen-bond donors (Lipinski definition) is 1. The number of anilines is 1. The molecule has 0 spiro atoms. The molecule has 3 rings (SSSR count). The Morgan fingerprint density at radius 1 is 1.00 bits per heavy atom. The molecule has 1 aliphatic rings. The van der Waals surface area contributed by atoms with E-state index in [1.807, 2.05) is 53.4 Å². The van der Waals surface area contributed by atoms with Crippen molar-refractivity contribution in [2.24, 2.45) is 0 Å². The molecule has 0 atom stereocenters. The van der Waals surface area contributed by atoms with Crippen molar-refractivity contribution in [1.29, 1.82) is 0 Å². The number of piperazine rings is 1. The quantitative estimate of drug-likeness (QED) is 0.754. The lowest BCUT2D eigenvalue weighted by Crippen LogP contribution is -2.50. The Hall–Kier alpha value is -2.37. The minimum absolute atomic E-state index is 0.00610. The Labute approximate surface area is 177 Å². The molecule has 0 bridgehead atoms. The van der Waals surface area contributed by atoms with Crippen LogP contribution in [0.1, 0.15) is 24.5 Å². The van der Waals surface area contributed by atoms with Crippen molar-refractivity contribution >= 4 is 29.1 Å².